The first kappa shape index (κ1) is 20.0. The summed E-state index contributed by atoms with van der Waals surface area (Å²) < 4.78 is 12.4. The zero-order chi connectivity index (χ0) is 21.9. The predicted octanol–water partition coefficient (Wildman–Crippen LogP) is 3.49. The molecule has 8 heteroatoms. The number of carbonyl (C=O) groups excluding carboxylic acids is 1. The molecule has 0 bridgehead atoms. The van der Waals surface area contributed by atoms with Gasteiger partial charge in [-0.15, -0.1) is 0 Å². The zero-order valence-electron chi connectivity index (χ0n) is 17.7. The van der Waals surface area contributed by atoms with Crippen LogP contribution < -0.4 is 15.0 Å². The van der Waals surface area contributed by atoms with Crippen molar-refractivity contribution >= 4 is 23.1 Å². The van der Waals surface area contributed by atoms with Crippen LogP contribution in [0, 0.1) is 0 Å². The summed E-state index contributed by atoms with van der Waals surface area (Å²) in [4.78, 5) is 19.5. The van der Waals surface area contributed by atoms with Gasteiger partial charge < -0.3 is 19.7 Å². The number of methoxy groups -OCH3 is 1. The third-order valence-electron chi connectivity index (χ3n) is 5.41. The summed E-state index contributed by atoms with van der Waals surface area (Å²) in [5, 5.41) is 7.51. The quantitative estimate of drug-likeness (QED) is 0.523. The topological polar surface area (TPSA) is 81.0 Å². The molecule has 0 spiro atoms. The molecule has 4 aromatic rings. The minimum atomic E-state index is -0.212. The highest BCUT2D eigenvalue weighted by molar-refractivity contribution is 6.04. The molecule has 0 unspecified atom stereocenters. The number of morpholine rings is 1. The number of ether oxygens (including phenoxy) is 2. The standard InChI is InChI=1S/C24H23N5O3/c1-31-20-7-3-4-17(15-20)21-8-9-23-25-22(16-29(23)27-21)26-24(30)18-5-2-6-19(14-18)28-10-12-32-13-11-28/h2-9,14-16H,10-13H2,1H3,(H,26,30). The molecule has 1 fully saturated rings. The van der Waals surface area contributed by atoms with Gasteiger partial charge in [-0.25, -0.2) is 9.50 Å². The van der Waals surface area contributed by atoms with Gasteiger partial charge in [-0.05, 0) is 42.5 Å². The number of anilines is 2. The van der Waals surface area contributed by atoms with Crippen LogP contribution >= 0.6 is 0 Å². The number of aromatic nitrogens is 3. The van der Waals surface area contributed by atoms with Crippen LogP contribution in [0.3, 0.4) is 0 Å². The lowest BCUT2D eigenvalue weighted by molar-refractivity contribution is 0.102. The molecule has 0 radical (unpaired) electrons. The number of rotatable bonds is 5. The van der Waals surface area contributed by atoms with Crippen LogP contribution in [0.15, 0.2) is 66.9 Å². The SMILES string of the molecule is COc1cccc(-c2ccc3nc(NC(=O)c4cccc(N5CCOCC5)c4)cn3n2)c1. The van der Waals surface area contributed by atoms with Gasteiger partial charge in [0.1, 0.15) is 5.75 Å². The fourth-order valence-corrected chi connectivity index (χ4v) is 3.73. The lowest BCUT2D eigenvalue weighted by Crippen LogP contribution is -2.36. The van der Waals surface area contributed by atoms with Crippen molar-refractivity contribution in [3.63, 3.8) is 0 Å². The highest BCUT2D eigenvalue weighted by Gasteiger charge is 2.15. The number of benzene rings is 2. The molecule has 1 aliphatic heterocycles. The average molecular weight is 429 g/mol. The highest BCUT2D eigenvalue weighted by atomic mass is 16.5. The van der Waals surface area contributed by atoms with Crippen molar-refractivity contribution in [2.75, 3.05) is 43.6 Å². The van der Waals surface area contributed by atoms with Gasteiger partial charge in [0.05, 0.1) is 32.2 Å². The summed E-state index contributed by atoms with van der Waals surface area (Å²) in [6.45, 7) is 3.03. The number of nitrogens with zero attached hydrogens (tertiary/aromatic N) is 4. The largest absolute Gasteiger partial charge is 0.497 e. The molecule has 1 aliphatic rings. The van der Waals surface area contributed by atoms with Crippen LogP contribution in [-0.2, 0) is 4.74 Å². The number of amides is 1. The lowest BCUT2D eigenvalue weighted by Gasteiger charge is -2.29. The lowest BCUT2D eigenvalue weighted by atomic mass is 10.1. The first-order valence-corrected chi connectivity index (χ1v) is 10.4. The van der Waals surface area contributed by atoms with Crippen LogP contribution in [-0.4, -0.2) is 53.9 Å². The molecule has 2 aromatic carbocycles. The Morgan fingerprint density at radius 3 is 2.75 bits per heavy atom. The van der Waals surface area contributed by atoms with Crippen LogP contribution in [0.2, 0.25) is 0 Å². The molecule has 2 aromatic heterocycles. The number of nitrogens with one attached hydrogen (secondary N) is 1. The van der Waals surface area contributed by atoms with Crippen molar-refractivity contribution in [3.05, 3.63) is 72.4 Å². The van der Waals surface area contributed by atoms with E-state index in [1.165, 1.54) is 0 Å². The Morgan fingerprint density at radius 2 is 1.91 bits per heavy atom. The fraction of sp³-hybridized carbons (Fsp3) is 0.208. The minimum absolute atomic E-state index is 0.212. The average Bonchev–Trinajstić information content (AvgIpc) is 3.26. The summed E-state index contributed by atoms with van der Waals surface area (Å²) in [6.07, 6.45) is 1.71. The Hall–Kier alpha value is -3.91. The van der Waals surface area contributed by atoms with Gasteiger partial charge >= 0.3 is 0 Å². The van der Waals surface area contributed by atoms with Gasteiger partial charge in [-0.2, -0.15) is 5.10 Å². The highest BCUT2D eigenvalue weighted by Crippen LogP contribution is 2.23. The van der Waals surface area contributed by atoms with E-state index in [4.69, 9.17) is 9.47 Å². The van der Waals surface area contributed by atoms with E-state index < -0.39 is 0 Å². The second kappa shape index (κ2) is 8.68. The molecular weight excluding hydrogens is 406 g/mol. The smallest absolute Gasteiger partial charge is 0.256 e. The Balaban J connectivity index is 1.35. The van der Waals surface area contributed by atoms with Crippen molar-refractivity contribution in [3.8, 4) is 17.0 Å². The molecule has 3 heterocycles. The normalized spacial score (nSPS) is 13.8. The van der Waals surface area contributed by atoms with Gasteiger partial charge in [0.2, 0.25) is 0 Å². The Labute approximate surface area is 185 Å². The maximum absolute atomic E-state index is 12.8. The number of fused-ring (bicyclic) bond motifs is 1. The van der Waals surface area contributed by atoms with Crippen molar-refractivity contribution in [2.45, 2.75) is 0 Å². The molecule has 1 saturated heterocycles. The number of hydrogen-bond acceptors (Lipinski definition) is 6. The fourth-order valence-electron chi connectivity index (χ4n) is 3.73. The number of hydrogen-bond donors (Lipinski definition) is 1. The van der Waals surface area contributed by atoms with Crippen LogP contribution in [0.5, 0.6) is 5.75 Å². The van der Waals surface area contributed by atoms with Crippen molar-refractivity contribution in [1.82, 2.24) is 14.6 Å². The van der Waals surface area contributed by atoms with Gasteiger partial charge in [-0.3, -0.25) is 4.79 Å². The molecule has 1 N–H and O–H groups in total. The van der Waals surface area contributed by atoms with E-state index in [9.17, 15) is 4.79 Å². The van der Waals surface area contributed by atoms with E-state index >= 15 is 0 Å². The Bertz CT molecular complexity index is 1260. The van der Waals surface area contributed by atoms with Gasteiger partial charge in [0.15, 0.2) is 11.5 Å². The summed E-state index contributed by atoms with van der Waals surface area (Å²) in [5.74, 6) is 1.00. The van der Waals surface area contributed by atoms with E-state index in [1.807, 2.05) is 54.6 Å². The van der Waals surface area contributed by atoms with E-state index in [1.54, 1.807) is 23.9 Å². The van der Waals surface area contributed by atoms with E-state index in [2.05, 4.69) is 20.3 Å². The summed E-state index contributed by atoms with van der Waals surface area (Å²) >= 11 is 0. The van der Waals surface area contributed by atoms with Gasteiger partial charge in [0.25, 0.3) is 5.91 Å². The number of imidazole rings is 1. The van der Waals surface area contributed by atoms with Crippen molar-refractivity contribution < 1.29 is 14.3 Å². The van der Waals surface area contributed by atoms with E-state index in [0.717, 1.165) is 35.8 Å². The van der Waals surface area contributed by atoms with Crippen LogP contribution in [0.25, 0.3) is 16.9 Å². The second-order valence-corrected chi connectivity index (χ2v) is 7.48. The second-order valence-electron chi connectivity index (χ2n) is 7.48. The monoisotopic (exact) mass is 429 g/mol. The molecule has 162 valence electrons. The molecule has 1 amide bonds. The maximum Gasteiger partial charge on any atom is 0.256 e. The Kier molecular flexibility index (Phi) is 5.43. The van der Waals surface area contributed by atoms with E-state index in [-0.39, 0.29) is 5.91 Å². The first-order chi connectivity index (χ1) is 15.7. The molecule has 0 atom stereocenters. The Morgan fingerprint density at radius 1 is 1.06 bits per heavy atom. The first-order valence-electron chi connectivity index (χ1n) is 10.4. The van der Waals surface area contributed by atoms with Crippen LogP contribution in [0.4, 0.5) is 11.5 Å². The number of carbonyl (C=O) groups is 1. The van der Waals surface area contributed by atoms with Crippen LogP contribution in [0.1, 0.15) is 10.4 Å². The van der Waals surface area contributed by atoms with Crippen molar-refractivity contribution in [2.24, 2.45) is 0 Å². The van der Waals surface area contributed by atoms with Gasteiger partial charge in [-0.1, -0.05) is 18.2 Å². The molecule has 8 nitrogen and oxygen atoms in total. The maximum atomic E-state index is 12.8. The van der Waals surface area contributed by atoms with Crippen molar-refractivity contribution in [1.29, 1.82) is 0 Å². The summed E-state index contributed by atoms with van der Waals surface area (Å²) in [5.41, 5.74) is 3.96. The molecule has 5 rings (SSSR count). The minimum Gasteiger partial charge on any atom is -0.497 e. The zero-order valence-corrected chi connectivity index (χ0v) is 17.7. The third kappa shape index (κ3) is 4.13. The molecule has 32 heavy (non-hydrogen) atoms. The predicted molar refractivity (Wildman–Crippen MR) is 122 cm³/mol. The van der Waals surface area contributed by atoms with E-state index in [0.29, 0.717) is 30.2 Å². The summed E-state index contributed by atoms with van der Waals surface area (Å²) in [7, 11) is 1.64. The molecule has 0 saturated carbocycles. The summed E-state index contributed by atoms with van der Waals surface area (Å²) in [6, 6.07) is 19.1. The molecular formula is C24H23N5O3. The van der Waals surface area contributed by atoms with Gasteiger partial charge in [0, 0.05) is 29.9 Å². The third-order valence-corrected chi connectivity index (χ3v) is 5.41. The molecule has 0 aliphatic carbocycles.